The molecule has 0 saturated heterocycles. The number of hydrogen-bond donors (Lipinski definition) is 1. The van der Waals surface area contributed by atoms with E-state index in [0.717, 1.165) is 4.47 Å². The van der Waals surface area contributed by atoms with Gasteiger partial charge in [0.25, 0.3) is 5.91 Å². The Morgan fingerprint density at radius 1 is 1.11 bits per heavy atom. The highest BCUT2D eigenvalue weighted by atomic mass is 79.9. The van der Waals surface area contributed by atoms with Crippen LogP contribution in [-0.4, -0.2) is 5.91 Å². The maximum absolute atomic E-state index is 12.1. The van der Waals surface area contributed by atoms with Crippen LogP contribution in [0.15, 0.2) is 46.9 Å². The van der Waals surface area contributed by atoms with E-state index in [1.807, 2.05) is 18.2 Å². The number of benzene rings is 2. The van der Waals surface area contributed by atoms with E-state index in [-0.39, 0.29) is 5.91 Å². The van der Waals surface area contributed by atoms with E-state index in [4.69, 9.17) is 23.2 Å². The van der Waals surface area contributed by atoms with Crippen LogP contribution in [0.5, 0.6) is 0 Å². The van der Waals surface area contributed by atoms with Gasteiger partial charge < -0.3 is 5.32 Å². The second kappa shape index (κ2) is 5.74. The van der Waals surface area contributed by atoms with E-state index in [9.17, 15) is 4.79 Å². The molecule has 2 rings (SSSR count). The monoisotopic (exact) mass is 343 g/mol. The molecule has 18 heavy (non-hydrogen) atoms. The van der Waals surface area contributed by atoms with Crippen molar-refractivity contribution in [1.29, 1.82) is 0 Å². The van der Waals surface area contributed by atoms with Gasteiger partial charge in [-0.25, -0.2) is 0 Å². The van der Waals surface area contributed by atoms with Crippen molar-refractivity contribution in [2.24, 2.45) is 0 Å². The van der Waals surface area contributed by atoms with Crippen molar-refractivity contribution in [3.63, 3.8) is 0 Å². The summed E-state index contributed by atoms with van der Waals surface area (Å²) in [5.74, 6) is -0.297. The van der Waals surface area contributed by atoms with E-state index in [1.165, 1.54) is 6.07 Å². The number of carbonyl (C=O) groups is 1. The Kier molecular flexibility index (Phi) is 4.27. The van der Waals surface area contributed by atoms with Gasteiger partial charge in [0, 0.05) is 9.50 Å². The minimum atomic E-state index is -0.297. The lowest BCUT2D eigenvalue weighted by Gasteiger charge is -2.08. The van der Waals surface area contributed by atoms with E-state index in [1.54, 1.807) is 18.2 Å². The molecule has 0 heterocycles. The van der Waals surface area contributed by atoms with Crippen molar-refractivity contribution >= 4 is 50.7 Å². The number of carbonyl (C=O) groups excluding carboxylic acids is 1. The number of rotatable bonds is 2. The molecule has 2 aromatic rings. The molecule has 0 fully saturated rings. The SMILES string of the molecule is O=C(Nc1ccccc1Br)c1cc(Cl)ccc1Cl. The van der Waals surface area contributed by atoms with Crippen LogP contribution >= 0.6 is 39.1 Å². The van der Waals surface area contributed by atoms with Crippen LogP contribution < -0.4 is 5.32 Å². The summed E-state index contributed by atoms with van der Waals surface area (Å²) in [7, 11) is 0. The molecular weight excluding hydrogens is 337 g/mol. The number of para-hydroxylation sites is 1. The third-order valence-corrected chi connectivity index (χ3v) is 3.55. The maximum Gasteiger partial charge on any atom is 0.257 e. The highest BCUT2D eigenvalue weighted by Gasteiger charge is 2.12. The smallest absolute Gasteiger partial charge is 0.257 e. The lowest BCUT2D eigenvalue weighted by atomic mass is 10.2. The van der Waals surface area contributed by atoms with Crippen molar-refractivity contribution in [1.82, 2.24) is 0 Å². The van der Waals surface area contributed by atoms with Crippen LogP contribution in [0.25, 0.3) is 0 Å². The van der Waals surface area contributed by atoms with Gasteiger partial charge in [-0.1, -0.05) is 35.3 Å². The molecule has 0 spiro atoms. The summed E-state index contributed by atoms with van der Waals surface area (Å²) in [6.45, 7) is 0. The molecule has 0 aliphatic heterocycles. The van der Waals surface area contributed by atoms with E-state index >= 15 is 0 Å². The van der Waals surface area contributed by atoms with Gasteiger partial charge in [0.2, 0.25) is 0 Å². The average molecular weight is 345 g/mol. The largest absolute Gasteiger partial charge is 0.321 e. The molecule has 1 amide bonds. The Morgan fingerprint density at radius 3 is 2.56 bits per heavy atom. The van der Waals surface area contributed by atoms with Crippen LogP contribution in [0.3, 0.4) is 0 Å². The van der Waals surface area contributed by atoms with E-state index in [2.05, 4.69) is 21.2 Å². The lowest BCUT2D eigenvalue weighted by Crippen LogP contribution is -2.12. The Balaban J connectivity index is 2.28. The van der Waals surface area contributed by atoms with Crippen molar-refractivity contribution in [2.75, 3.05) is 5.32 Å². The highest BCUT2D eigenvalue weighted by Crippen LogP contribution is 2.25. The van der Waals surface area contributed by atoms with E-state index < -0.39 is 0 Å². The van der Waals surface area contributed by atoms with Gasteiger partial charge in [-0.05, 0) is 46.3 Å². The number of halogens is 3. The molecule has 0 bridgehead atoms. The van der Waals surface area contributed by atoms with Gasteiger partial charge in [-0.15, -0.1) is 0 Å². The minimum absolute atomic E-state index is 0.297. The molecule has 2 nitrogen and oxygen atoms in total. The molecule has 0 aromatic heterocycles. The molecular formula is C13H8BrCl2NO. The van der Waals surface area contributed by atoms with Crippen molar-refractivity contribution in [2.45, 2.75) is 0 Å². The zero-order valence-electron chi connectivity index (χ0n) is 9.08. The first-order valence-corrected chi connectivity index (χ1v) is 6.64. The minimum Gasteiger partial charge on any atom is -0.321 e. The average Bonchev–Trinajstić information content (AvgIpc) is 2.35. The number of amides is 1. The molecule has 0 radical (unpaired) electrons. The zero-order chi connectivity index (χ0) is 13.1. The Morgan fingerprint density at radius 2 is 1.83 bits per heavy atom. The molecule has 0 atom stereocenters. The van der Waals surface area contributed by atoms with Crippen LogP contribution in [0.4, 0.5) is 5.69 Å². The van der Waals surface area contributed by atoms with Gasteiger partial charge in [-0.2, -0.15) is 0 Å². The van der Waals surface area contributed by atoms with Gasteiger partial charge in [-0.3, -0.25) is 4.79 Å². The van der Waals surface area contributed by atoms with Crippen LogP contribution in [0.2, 0.25) is 10.0 Å². The molecule has 92 valence electrons. The second-order valence-electron chi connectivity index (χ2n) is 3.56. The van der Waals surface area contributed by atoms with Gasteiger partial charge in [0.15, 0.2) is 0 Å². The quantitative estimate of drug-likeness (QED) is 0.815. The molecule has 0 aliphatic rings. The molecule has 0 aliphatic carbocycles. The van der Waals surface area contributed by atoms with Crippen LogP contribution in [-0.2, 0) is 0 Å². The third kappa shape index (κ3) is 3.05. The third-order valence-electron chi connectivity index (χ3n) is 2.30. The summed E-state index contributed by atoms with van der Waals surface area (Å²) in [5, 5.41) is 3.60. The first-order valence-electron chi connectivity index (χ1n) is 5.09. The van der Waals surface area contributed by atoms with Gasteiger partial charge in [0.05, 0.1) is 16.3 Å². The Hall–Kier alpha value is -1.03. The second-order valence-corrected chi connectivity index (χ2v) is 5.26. The van der Waals surface area contributed by atoms with E-state index in [0.29, 0.717) is 21.3 Å². The van der Waals surface area contributed by atoms with Crippen molar-refractivity contribution in [3.05, 3.63) is 62.5 Å². The molecule has 0 unspecified atom stereocenters. The Bertz CT molecular complexity index is 601. The normalized spacial score (nSPS) is 10.2. The first kappa shape index (κ1) is 13.4. The zero-order valence-corrected chi connectivity index (χ0v) is 12.2. The summed E-state index contributed by atoms with van der Waals surface area (Å²) < 4.78 is 0.802. The molecule has 0 saturated carbocycles. The van der Waals surface area contributed by atoms with Crippen LogP contribution in [0, 0.1) is 0 Å². The summed E-state index contributed by atoms with van der Waals surface area (Å²) in [5.41, 5.74) is 1.03. The standard InChI is InChI=1S/C13H8BrCl2NO/c14-10-3-1-2-4-12(10)17-13(18)9-7-8(15)5-6-11(9)16/h1-7H,(H,17,18). The topological polar surface area (TPSA) is 29.1 Å². The lowest BCUT2D eigenvalue weighted by molar-refractivity contribution is 0.102. The predicted octanol–water partition coefficient (Wildman–Crippen LogP) is 5.01. The molecule has 2 aromatic carbocycles. The number of hydrogen-bond acceptors (Lipinski definition) is 1. The summed E-state index contributed by atoms with van der Waals surface area (Å²) >= 11 is 15.2. The number of nitrogens with one attached hydrogen (secondary N) is 1. The summed E-state index contributed by atoms with van der Waals surface area (Å²) in [4.78, 5) is 12.1. The van der Waals surface area contributed by atoms with Gasteiger partial charge in [0.1, 0.15) is 0 Å². The highest BCUT2D eigenvalue weighted by molar-refractivity contribution is 9.10. The summed E-state index contributed by atoms with van der Waals surface area (Å²) in [6, 6.07) is 12.1. The van der Waals surface area contributed by atoms with Gasteiger partial charge >= 0.3 is 0 Å². The predicted molar refractivity (Wildman–Crippen MR) is 78.6 cm³/mol. The first-order chi connectivity index (χ1) is 8.58. The Labute approximate surface area is 123 Å². The fourth-order valence-corrected chi connectivity index (χ4v) is 2.18. The fraction of sp³-hybridized carbons (Fsp3) is 0. The van der Waals surface area contributed by atoms with Crippen molar-refractivity contribution in [3.8, 4) is 0 Å². The fourth-order valence-electron chi connectivity index (χ4n) is 1.42. The molecule has 1 N–H and O–H groups in total. The van der Waals surface area contributed by atoms with Crippen LogP contribution in [0.1, 0.15) is 10.4 Å². The molecule has 5 heteroatoms. The maximum atomic E-state index is 12.1. The number of anilines is 1. The summed E-state index contributed by atoms with van der Waals surface area (Å²) in [6.07, 6.45) is 0. The van der Waals surface area contributed by atoms with Crippen molar-refractivity contribution < 1.29 is 4.79 Å².